The van der Waals surface area contributed by atoms with Crippen molar-refractivity contribution in [2.24, 2.45) is 5.10 Å². The minimum Gasteiger partial charge on any atom is -0.476 e. The number of para-hydroxylation sites is 1. The second-order valence-corrected chi connectivity index (χ2v) is 2.86. The number of hydrogen-bond donors (Lipinski definition) is 2. The predicted octanol–water partition coefficient (Wildman–Crippen LogP) is 1.30. The Morgan fingerprint density at radius 1 is 1.27 bits per heavy atom. The van der Waals surface area contributed by atoms with Crippen molar-refractivity contribution < 1.29 is 14.7 Å². The van der Waals surface area contributed by atoms with Gasteiger partial charge in [0.25, 0.3) is 5.24 Å². The lowest BCUT2D eigenvalue weighted by Gasteiger charge is -1.99. The molecule has 0 unspecified atom stereocenters. The number of anilines is 1. The van der Waals surface area contributed by atoms with Crippen molar-refractivity contribution in [1.82, 2.24) is 0 Å². The molecule has 0 aliphatic carbocycles. The number of hydrogen-bond acceptors (Lipinski definition) is 4. The molecule has 78 valence electrons. The molecular formula is C9H7ClN2O3. The summed E-state index contributed by atoms with van der Waals surface area (Å²) in [5.41, 5.74) is 2.22. The second kappa shape index (κ2) is 5.11. The molecule has 0 spiro atoms. The normalized spacial score (nSPS) is 10.9. The molecule has 15 heavy (non-hydrogen) atoms. The highest BCUT2D eigenvalue weighted by Gasteiger charge is 2.17. The molecule has 0 saturated heterocycles. The average molecular weight is 227 g/mol. The van der Waals surface area contributed by atoms with E-state index < -0.39 is 16.9 Å². The summed E-state index contributed by atoms with van der Waals surface area (Å²) in [4.78, 5) is 21.1. The molecule has 0 bridgehead atoms. The van der Waals surface area contributed by atoms with Crippen LogP contribution in [0.1, 0.15) is 0 Å². The van der Waals surface area contributed by atoms with Crippen molar-refractivity contribution in [2.45, 2.75) is 0 Å². The van der Waals surface area contributed by atoms with Crippen LogP contribution in [0.25, 0.3) is 0 Å². The standard InChI is InChI=1S/C9H7ClN2O3/c10-8(13)7(9(14)15)12-11-6-4-2-1-3-5-6/h1-5,11H,(H,14,15). The van der Waals surface area contributed by atoms with Crippen LogP contribution in [0.3, 0.4) is 0 Å². The fourth-order valence-corrected chi connectivity index (χ4v) is 0.932. The van der Waals surface area contributed by atoms with Crippen molar-refractivity contribution in [3.8, 4) is 0 Å². The summed E-state index contributed by atoms with van der Waals surface area (Å²) in [6.45, 7) is 0. The number of carbonyl (C=O) groups is 2. The molecule has 2 N–H and O–H groups in total. The molecule has 0 atom stereocenters. The number of halogens is 1. The van der Waals surface area contributed by atoms with Gasteiger partial charge in [0.2, 0.25) is 5.71 Å². The third kappa shape index (κ3) is 3.40. The number of nitrogens with one attached hydrogen (secondary N) is 1. The SMILES string of the molecule is O=C(O)C(=NNc1ccccc1)C(=O)Cl. The van der Waals surface area contributed by atoms with Crippen molar-refractivity contribution in [3.05, 3.63) is 30.3 Å². The van der Waals surface area contributed by atoms with Gasteiger partial charge in [0.1, 0.15) is 0 Å². The maximum Gasteiger partial charge on any atom is 0.361 e. The Balaban J connectivity index is 2.79. The number of hydrazone groups is 1. The fraction of sp³-hybridized carbons (Fsp3) is 0. The fourth-order valence-electron chi connectivity index (χ4n) is 0.809. The van der Waals surface area contributed by atoms with E-state index >= 15 is 0 Å². The summed E-state index contributed by atoms with van der Waals surface area (Å²) in [5.74, 6) is -1.47. The van der Waals surface area contributed by atoms with Gasteiger partial charge < -0.3 is 5.11 Å². The number of carbonyl (C=O) groups excluding carboxylic acids is 1. The Labute approximate surface area is 90.4 Å². The molecule has 0 radical (unpaired) electrons. The molecule has 0 aliphatic rings. The van der Waals surface area contributed by atoms with Crippen LogP contribution < -0.4 is 5.43 Å². The van der Waals surface area contributed by atoms with E-state index in [1.165, 1.54) is 0 Å². The molecule has 0 heterocycles. The Bertz CT molecular complexity index is 387. The zero-order chi connectivity index (χ0) is 11.3. The van der Waals surface area contributed by atoms with Crippen molar-refractivity contribution >= 4 is 34.2 Å². The van der Waals surface area contributed by atoms with E-state index in [1.54, 1.807) is 30.3 Å². The molecule has 5 nitrogen and oxygen atoms in total. The van der Waals surface area contributed by atoms with E-state index in [9.17, 15) is 9.59 Å². The van der Waals surface area contributed by atoms with Crippen LogP contribution in [-0.2, 0) is 9.59 Å². The van der Waals surface area contributed by atoms with Gasteiger partial charge >= 0.3 is 5.97 Å². The zero-order valence-electron chi connectivity index (χ0n) is 7.48. The van der Waals surface area contributed by atoms with Crippen LogP contribution in [0.15, 0.2) is 35.4 Å². The summed E-state index contributed by atoms with van der Waals surface area (Å²) >= 11 is 5.01. The topological polar surface area (TPSA) is 78.8 Å². The van der Waals surface area contributed by atoms with E-state index in [2.05, 4.69) is 10.5 Å². The molecule has 0 saturated carbocycles. The largest absolute Gasteiger partial charge is 0.476 e. The van der Waals surface area contributed by atoms with Gasteiger partial charge in [-0.3, -0.25) is 10.2 Å². The third-order valence-electron chi connectivity index (χ3n) is 1.46. The van der Waals surface area contributed by atoms with Gasteiger partial charge in [-0.2, -0.15) is 5.10 Å². The van der Waals surface area contributed by atoms with Crippen molar-refractivity contribution in [2.75, 3.05) is 5.43 Å². The van der Waals surface area contributed by atoms with Crippen LogP contribution >= 0.6 is 11.6 Å². The summed E-state index contributed by atoms with van der Waals surface area (Å²) < 4.78 is 0. The van der Waals surface area contributed by atoms with Crippen LogP contribution in [0.4, 0.5) is 5.69 Å². The summed E-state index contributed by atoms with van der Waals surface area (Å²) in [7, 11) is 0. The highest BCUT2D eigenvalue weighted by atomic mass is 35.5. The van der Waals surface area contributed by atoms with Gasteiger partial charge in [-0.15, -0.1) is 0 Å². The molecule has 0 amide bonds. The van der Waals surface area contributed by atoms with Gasteiger partial charge in [-0.25, -0.2) is 4.79 Å². The molecule has 0 fully saturated rings. The first-order valence-corrected chi connectivity index (χ1v) is 4.31. The molecule has 0 aliphatic heterocycles. The lowest BCUT2D eigenvalue weighted by atomic mass is 10.3. The van der Waals surface area contributed by atoms with Crippen LogP contribution in [0.2, 0.25) is 0 Å². The van der Waals surface area contributed by atoms with E-state index in [1.807, 2.05) is 0 Å². The number of rotatable bonds is 4. The maximum absolute atomic E-state index is 10.6. The summed E-state index contributed by atoms with van der Waals surface area (Å²) in [6.07, 6.45) is 0. The van der Waals surface area contributed by atoms with Crippen molar-refractivity contribution in [1.29, 1.82) is 0 Å². The number of carboxylic acid groups (broad SMARTS) is 1. The number of benzene rings is 1. The summed E-state index contributed by atoms with van der Waals surface area (Å²) in [6, 6.07) is 8.60. The number of nitrogens with zero attached hydrogens (tertiary/aromatic N) is 1. The van der Waals surface area contributed by atoms with Crippen LogP contribution in [-0.4, -0.2) is 22.0 Å². The average Bonchev–Trinajstić information content (AvgIpc) is 2.18. The highest BCUT2D eigenvalue weighted by Crippen LogP contribution is 2.04. The predicted molar refractivity (Wildman–Crippen MR) is 56.0 cm³/mol. The van der Waals surface area contributed by atoms with Crippen molar-refractivity contribution in [3.63, 3.8) is 0 Å². The molecule has 0 aromatic heterocycles. The first kappa shape index (κ1) is 11.2. The Kier molecular flexibility index (Phi) is 3.82. The smallest absolute Gasteiger partial charge is 0.361 e. The quantitative estimate of drug-likeness (QED) is 0.351. The first-order chi connectivity index (χ1) is 7.11. The molecule has 6 heteroatoms. The van der Waals surface area contributed by atoms with Crippen LogP contribution in [0, 0.1) is 0 Å². The van der Waals surface area contributed by atoms with E-state index in [-0.39, 0.29) is 0 Å². The molecule has 1 aromatic carbocycles. The minimum atomic E-state index is -1.47. The molecular weight excluding hydrogens is 220 g/mol. The van der Waals surface area contributed by atoms with Gasteiger partial charge in [-0.1, -0.05) is 18.2 Å². The first-order valence-electron chi connectivity index (χ1n) is 3.93. The van der Waals surface area contributed by atoms with Gasteiger partial charge in [0.15, 0.2) is 0 Å². The van der Waals surface area contributed by atoms with Crippen LogP contribution in [0.5, 0.6) is 0 Å². The maximum atomic E-state index is 10.6. The lowest BCUT2D eigenvalue weighted by Crippen LogP contribution is -2.21. The van der Waals surface area contributed by atoms with Gasteiger partial charge in [0, 0.05) is 0 Å². The third-order valence-corrected chi connectivity index (χ3v) is 1.64. The van der Waals surface area contributed by atoms with E-state index in [4.69, 9.17) is 16.7 Å². The number of aliphatic carboxylic acids is 1. The second-order valence-electron chi connectivity index (χ2n) is 2.52. The zero-order valence-corrected chi connectivity index (χ0v) is 8.23. The summed E-state index contributed by atoms with van der Waals surface area (Å²) in [5, 5.41) is 10.8. The molecule has 1 aromatic rings. The Morgan fingerprint density at radius 3 is 2.33 bits per heavy atom. The van der Waals surface area contributed by atoms with Gasteiger partial charge in [0.05, 0.1) is 5.69 Å². The van der Waals surface area contributed by atoms with E-state index in [0.29, 0.717) is 5.69 Å². The van der Waals surface area contributed by atoms with E-state index in [0.717, 1.165) is 0 Å². The Hall–Kier alpha value is -1.88. The number of carboxylic acids is 1. The Morgan fingerprint density at radius 2 is 1.87 bits per heavy atom. The minimum absolute atomic E-state index is 0.564. The highest BCUT2D eigenvalue weighted by molar-refractivity contribution is 6.90. The monoisotopic (exact) mass is 226 g/mol. The lowest BCUT2D eigenvalue weighted by molar-refractivity contribution is -0.129. The molecule has 1 rings (SSSR count). The van der Waals surface area contributed by atoms with Gasteiger partial charge in [-0.05, 0) is 23.7 Å².